The molecular weight excluding hydrogens is 300 g/mol. The number of ether oxygens (including phenoxy) is 2. The summed E-state index contributed by atoms with van der Waals surface area (Å²) in [7, 11) is 1.38. The molecule has 0 saturated carbocycles. The van der Waals surface area contributed by atoms with Crippen molar-refractivity contribution >= 4 is 5.97 Å². The molecule has 3 heteroatoms. The molecule has 2 aromatic rings. The maximum atomic E-state index is 11.4. The molecule has 0 bridgehead atoms. The highest BCUT2D eigenvalue weighted by atomic mass is 16.5. The minimum atomic E-state index is -0.330. The molecule has 0 spiro atoms. The van der Waals surface area contributed by atoms with E-state index in [2.05, 4.69) is 12.1 Å². The molecule has 132 valence electrons. The predicted octanol–water partition coefficient (Wildman–Crippen LogP) is 5.46. The number of carbonyl (C=O) groups excluding carboxylic acids is 1. The van der Waals surface area contributed by atoms with Crippen LogP contribution in [0.2, 0.25) is 0 Å². The van der Waals surface area contributed by atoms with Crippen molar-refractivity contribution in [2.45, 2.75) is 41.0 Å². The lowest BCUT2D eigenvalue weighted by Crippen LogP contribution is -2.05. The summed E-state index contributed by atoms with van der Waals surface area (Å²) in [6.45, 7) is 10.5. The van der Waals surface area contributed by atoms with Crippen LogP contribution >= 0.6 is 0 Å². The van der Waals surface area contributed by atoms with Gasteiger partial charge in [0.25, 0.3) is 0 Å². The van der Waals surface area contributed by atoms with Crippen LogP contribution in [0.5, 0.6) is 5.75 Å². The van der Waals surface area contributed by atoms with E-state index in [0.29, 0.717) is 12.2 Å². The average molecular weight is 330 g/mol. The summed E-state index contributed by atoms with van der Waals surface area (Å²) in [4.78, 5) is 11.4. The number of methoxy groups -OCH3 is 1. The molecule has 0 amide bonds. The molecule has 0 heterocycles. The van der Waals surface area contributed by atoms with Gasteiger partial charge in [-0.05, 0) is 36.2 Å². The molecule has 0 N–H and O–H groups in total. The molecule has 0 atom stereocenters. The van der Waals surface area contributed by atoms with Gasteiger partial charge in [0, 0.05) is 6.42 Å². The molecule has 2 aromatic carbocycles. The second kappa shape index (κ2) is 13.2. The van der Waals surface area contributed by atoms with Crippen molar-refractivity contribution < 1.29 is 14.3 Å². The monoisotopic (exact) mass is 330 g/mol. The summed E-state index contributed by atoms with van der Waals surface area (Å²) in [5.41, 5.74) is 2.72. The molecule has 3 nitrogen and oxygen atoms in total. The lowest BCUT2D eigenvalue weighted by molar-refractivity contribution is 0.0600. The summed E-state index contributed by atoms with van der Waals surface area (Å²) in [6, 6.07) is 15.5. The number of hydrogen-bond acceptors (Lipinski definition) is 3. The highest BCUT2D eigenvalue weighted by Gasteiger charge is 2.08. The van der Waals surface area contributed by atoms with Gasteiger partial charge in [0.2, 0.25) is 0 Å². The molecular formula is C21H30O3. The second-order valence-electron chi connectivity index (χ2n) is 4.56. The Balaban J connectivity index is 0.00000123. The van der Waals surface area contributed by atoms with Gasteiger partial charge in [0.15, 0.2) is 0 Å². The van der Waals surface area contributed by atoms with Gasteiger partial charge in [0.1, 0.15) is 5.75 Å². The lowest BCUT2D eigenvalue weighted by atomic mass is 10.1. The van der Waals surface area contributed by atoms with Crippen LogP contribution < -0.4 is 4.74 Å². The molecule has 0 unspecified atom stereocenters. The van der Waals surface area contributed by atoms with Crippen LogP contribution in [0.15, 0.2) is 48.5 Å². The molecule has 0 aliphatic carbocycles. The molecule has 0 fully saturated rings. The third-order valence-corrected chi connectivity index (χ3v) is 3.09. The number of hydrogen-bond donors (Lipinski definition) is 0. The Morgan fingerprint density at radius 3 is 2.12 bits per heavy atom. The summed E-state index contributed by atoms with van der Waals surface area (Å²) in [6.07, 6.45) is 0.860. The van der Waals surface area contributed by atoms with Crippen molar-refractivity contribution in [2.24, 2.45) is 0 Å². The second-order valence-corrected chi connectivity index (χ2v) is 4.56. The number of esters is 1. The van der Waals surface area contributed by atoms with Crippen molar-refractivity contribution in [1.82, 2.24) is 0 Å². The zero-order chi connectivity index (χ0) is 18.4. The maximum Gasteiger partial charge on any atom is 0.337 e. The molecule has 2 rings (SSSR count). The van der Waals surface area contributed by atoms with Crippen LogP contribution in [0.1, 0.15) is 49.2 Å². The minimum absolute atomic E-state index is 0.330. The highest BCUT2D eigenvalue weighted by molar-refractivity contribution is 5.89. The first-order valence-electron chi connectivity index (χ1n) is 8.56. The SMILES string of the molecule is CC.CC.COC(=O)c1ccc(OCCc2ccccc2)c(C)c1. The van der Waals surface area contributed by atoms with E-state index in [1.54, 1.807) is 12.1 Å². The Labute approximate surface area is 146 Å². The first-order valence-corrected chi connectivity index (χ1v) is 8.56. The summed E-state index contributed by atoms with van der Waals surface area (Å²) in [5.74, 6) is 0.470. The molecule has 0 aliphatic heterocycles. The normalized spacial score (nSPS) is 8.92. The fourth-order valence-electron chi connectivity index (χ4n) is 1.98. The van der Waals surface area contributed by atoms with Gasteiger partial charge in [-0.25, -0.2) is 4.79 Å². The van der Waals surface area contributed by atoms with Crippen LogP contribution in [0.25, 0.3) is 0 Å². The van der Waals surface area contributed by atoms with Gasteiger partial charge in [-0.15, -0.1) is 0 Å². The lowest BCUT2D eigenvalue weighted by Gasteiger charge is -2.10. The summed E-state index contributed by atoms with van der Waals surface area (Å²) in [5, 5.41) is 0. The van der Waals surface area contributed by atoms with Crippen molar-refractivity contribution in [3.8, 4) is 5.75 Å². The number of aryl methyl sites for hydroxylation is 1. The Kier molecular flexibility index (Phi) is 11.9. The van der Waals surface area contributed by atoms with Crippen LogP contribution in [0.3, 0.4) is 0 Å². The number of rotatable bonds is 5. The molecule has 0 radical (unpaired) electrons. The fourth-order valence-corrected chi connectivity index (χ4v) is 1.98. The van der Waals surface area contributed by atoms with Crippen LogP contribution in [-0.2, 0) is 11.2 Å². The average Bonchev–Trinajstić information content (AvgIpc) is 2.66. The van der Waals surface area contributed by atoms with Gasteiger partial charge >= 0.3 is 5.97 Å². The molecule has 0 saturated heterocycles. The van der Waals surface area contributed by atoms with E-state index in [4.69, 9.17) is 9.47 Å². The molecule has 24 heavy (non-hydrogen) atoms. The first-order chi connectivity index (χ1) is 11.7. The van der Waals surface area contributed by atoms with Gasteiger partial charge in [0.05, 0.1) is 19.3 Å². The molecule has 0 aliphatic rings. The Hall–Kier alpha value is -2.29. The van der Waals surface area contributed by atoms with Crippen LogP contribution in [0, 0.1) is 6.92 Å². The minimum Gasteiger partial charge on any atom is -0.493 e. The summed E-state index contributed by atoms with van der Waals surface area (Å²) < 4.78 is 10.4. The van der Waals surface area contributed by atoms with Crippen molar-refractivity contribution in [2.75, 3.05) is 13.7 Å². The predicted molar refractivity (Wildman–Crippen MR) is 101 cm³/mol. The zero-order valence-electron chi connectivity index (χ0n) is 15.8. The number of benzene rings is 2. The van der Waals surface area contributed by atoms with Crippen molar-refractivity contribution in [3.63, 3.8) is 0 Å². The third kappa shape index (κ3) is 7.32. The fraction of sp³-hybridized carbons (Fsp3) is 0.381. The van der Waals surface area contributed by atoms with Crippen molar-refractivity contribution in [3.05, 3.63) is 65.2 Å². The van der Waals surface area contributed by atoms with Crippen LogP contribution in [-0.4, -0.2) is 19.7 Å². The quantitative estimate of drug-likeness (QED) is 0.683. The van der Waals surface area contributed by atoms with Gasteiger partial charge < -0.3 is 9.47 Å². The van der Waals surface area contributed by atoms with Crippen LogP contribution in [0.4, 0.5) is 0 Å². The number of carbonyl (C=O) groups is 1. The van der Waals surface area contributed by atoms with Gasteiger partial charge in [-0.1, -0.05) is 58.0 Å². The van der Waals surface area contributed by atoms with Gasteiger partial charge in [-0.3, -0.25) is 0 Å². The van der Waals surface area contributed by atoms with E-state index in [-0.39, 0.29) is 5.97 Å². The molecule has 0 aromatic heterocycles. The van der Waals surface area contributed by atoms with E-state index >= 15 is 0 Å². The standard InChI is InChI=1S/C17H18O3.2C2H6/c1-13-12-15(17(18)19-2)8-9-16(13)20-11-10-14-6-4-3-5-7-14;2*1-2/h3-9,12H,10-11H2,1-2H3;2*1-2H3. The van der Waals surface area contributed by atoms with E-state index in [0.717, 1.165) is 17.7 Å². The van der Waals surface area contributed by atoms with Gasteiger partial charge in [-0.2, -0.15) is 0 Å². The van der Waals surface area contributed by atoms with E-state index < -0.39 is 0 Å². The Morgan fingerprint density at radius 1 is 0.958 bits per heavy atom. The van der Waals surface area contributed by atoms with E-state index in [1.807, 2.05) is 58.9 Å². The largest absolute Gasteiger partial charge is 0.493 e. The smallest absolute Gasteiger partial charge is 0.337 e. The van der Waals surface area contributed by atoms with E-state index in [1.165, 1.54) is 12.7 Å². The summed E-state index contributed by atoms with van der Waals surface area (Å²) >= 11 is 0. The maximum absolute atomic E-state index is 11.4. The van der Waals surface area contributed by atoms with E-state index in [9.17, 15) is 4.79 Å². The first kappa shape index (κ1) is 21.7. The zero-order valence-corrected chi connectivity index (χ0v) is 15.8. The topological polar surface area (TPSA) is 35.5 Å². The Bertz CT molecular complexity index is 577. The van der Waals surface area contributed by atoms with Crippen molar-refractivity contribution in [1.29, 1.82) is 0 Å². The highest BCUT2D eigenvalue weighted by Crippen LogP contribution is 2.20. The Morgan fingerprint density at radius 2 is 1.58 bits per heavy atom. The third-order valence-electron chi connectivity index (χ3n) is 3.09.